The third kappa shape index (κ3) is 10.6. The highest BCUT2D eigenvalue weighted by molar-refractivity contribution is 6.29. The topological polar surface area (TPSA) is 172 Å². The fraction of sp³-hybridized carbons (Fsp3) is 0.286. The molecule has 2 aliphatic carbocycles. The van der Waals surface area contributed by atoms with Crippen molar-refractivity contribution < 1.29 is 27.2 Å². The lowest BCUT2D eigenvalue weighted by Crippen LogP contribution is -2.35. The van der Waals surface area contributed by atoms with E-state index in [0.717, 1.165) is 21.8 Å². The van der Waals surface area contributed by atoms with Gasteiger partial charge in [0.25, 0.3) is 23.7 Å². The lowest BCUT2D eigenvalue weighted by molar-refractivity contribution is -0.00116. The van der Waals surface area contributed by atoms with Gasteiger partial charge in [-0.2, -0.15) is 0 Å². The van der Waals surface area contributed by atoms with Crippen molar-refractivity contribution in [2.24, 2.45) is 0 Å². The van der Waals surface area contributed by atoms with E-state index < -0.39 is 35.7 Å². The molecule has 8 rings (SSSR count). The zero-order valence-electron chi connectivity index (χ0n) is 32.2. The van der Waals surface area contributed by atoms with Gasteiger partial charge in [-0.05, 0) is 68.1 Å². The zero-order chi connectivity index (χ0) is 42.2. The summed E-state index contributed by atoms with van der Waals surface area (Å²) < 4.78 is 55.4. The molecule has 2 unspecified atom stereocenters. The maximum atomic E-state index is 14.1. The molecule has 6 aromatic rings. The van der Waals surface area contributed by atoms with Gasteiger partial charge in [-0.15, -0.1) is 0 Å². The normalized spacial score (nSPS) is 17.5. The average Bonchev–Trinajstić information content (AvgIpc) is 3.75. The lowest BCUT2D eigenvalue weighted by Gasteiger charge is -2.23. The number of alkyl halides is 4. The van der Waals surface area contributed by atoms with Crippen molar-refractivity contribution in [2.45, 2.75) is 62.5 Å². The van der Waals surface area contributed by atoms with Crippen molar-refractivity contribution in [1.29, 1.82) is 0 Å². The summed E-state index contributed by atoms with van der Waals surface area (Å²) in [5.41, 5.74) is 8.30. The number of fused-ring (bicyclic) bond motifs is 2. The smallest absolute Gasteiger partial charge is 0.267 e. The quantitative estimate of drug-likeness (QED) is 0.0643. The van der Waals surface area contributed by atoms with Crippen LogP contribution in [0.2, 0.25) is 5.15 Å². The molecule has 0 aliphatic heterocycles. The van der Waals surface area contributed by atoms with Crippen LogP contribution in [0.4, 0.5) is 46.4 Å². The summed E-state index contributed by atoms with van der Waals surface area (Å²) in [4.78, 5) is 40.6. The fourth-order valence-electron chi connectivity index (χ4n) is 6.76. The first kappa shape index (κ1) is 42.3. The Hall–Kier alpha value is -6.29. The predicted molar refractivity (Wildman–Crippen MR) is 224 cm³/mol. The number of benzene rings is 2. The number of hydrogen-bond donors (Lipinski definition) is 6. The molecule has 59 heavy (non-hydrogen) atoms. The highest BCUT2D eigenvalue weighted by atomic mass is 35.5. The van der Waals surface area contributed by atoms with E-state index >= 15 is 0 Å². The van der Waals surface area contributed by atoms with Gasteiger partial charge in [-0.3, -0.25) is 9.59 Å². The largest absolute Gasteiger partial charge is 0.384 e. The Morgan fingerprint density at radius 2 is 1.19 bits per heavy atom. The molecule has 4 heterocycles. The molecule has 0 spiro atoms. The number of nitrogen functional groups attached to an aromatic ring is 1. The molecular formula is C42H43ClF4N10O2. The average molecular weight is 831 g/mol. The van der Waals surface area contributed by atoms with E-state index in [2.05, 4.69) is 46.5 Å². The van der Waals surface area contributed by atoms with Crippen LogP contribution in [0.3, 0.4) is 0 Å². The van der Waals surface area contributed by atoms with E-state index in [0.29, 0.717) is 48.8 Å². The SMILES string of the molecule is CNC(=O)c1cnc(Cl)cc1NC1CCCC1(F)F.CNC(=O)c1cnc(Nc2ccc3ccccc3n2)cc1NC1CCCC1(F)F.Nc1ccc2ccccc2n1. The Balaban J connectivity index is 0.000000166. The van der Waals surface area contributed by atoms with Crippen LogP contribution in [0.1, 0.15) is 59.2 Å². The summed E-state index contributed by atoms with van der Waals surface area (Å²) in [7, 11) is 2.95. The van der Waals surface area contributed by atoms with Crippen LogP contribution in [-0.4, -0.2) is 69.8 Å². The molecule has 2 amide bonds. The molecule has 2 fully saturated rings. The number of pyridine rings is 4. The van der Waals surface area contributed by atoms with Gasteiger partial charge in [0.05, 0.1) is 45.6 Å². The number of nitrogens with two attached hydrogens (primary N) is 1. The van der Waals surface area contributed by atoms with Crippen molar-refractivity contribution >= 4 is 74.0 Å². The van der Waals surface area contributed by atoms with E-state index in [-0.39, 0.29) is 34.8 Å². The van der Waals surface area contributed by atoms with Gasteiger partial charge in [0.1, 0.15) is 22.6 Å². The van der Waals surface area contributed by atoms with Crippen LogP contribution >= 0.6 is 11.6 Å². The van der Waals surface area contributed by atoms with Crippen LogP contribution in [0.25, 0.3) is 21.8 Å². The van der Waals surface area contributed by atoms with Crippen LogP contribution in [0.15, 0.2) is 97.3 Å². The van der Waals surface area contributed by atoms with Crippen LogP contribution in [-0.2, 0) is 0 Å². The number of para-hydroxylation sites is 2. The first-order chi connectivity index (χ1) is 28.3. The van der Waals surface area contributed by atoms with E-state index in [1.165, 1.54) is 32.6 Å². The standard InChI is InChI=1S/C21H21F2N5O.C12H14ClF2N3O.C9H8N2/c1-24-20(29)14-12-25-19(11-16(14)26-17-7-4-10-21(17,22)23)28-18-9-8-13-5-2-3-6-15(13)27-18;1-16-11(19)7-6-17-10(13)5-8(7)18-9-3-2-4-12(9,14)15;10-9-6-5-7-3-1-2-4-8(7)11-9/h2-3,5-6,8-9,11-12,17H,4,7,10H2,1H3,(H,24,29)(H2,25,26,27,28);5-6,9H,2-4H2,1H3,(H,16,19)(H,17,18);1-6H,(H2,10,11). The number of nitrogens with zero attached hydrogens (tertiary/aromatic N) is 4. The predicted octanol–water partition coefficient (Wildman–Crippen LogP) is 8.84. The molecule has 2 atom stereocenters. The summed E-state index contributed by atoms with van der Waals surface area (Å²) in [5, 5.41) is 15.9. The number of halogens is 5. The van der Waals surface area contributed by atoms with E-state index in [9.17, 15) is 27.2 Å². The van der Waals surface area contributed by atoms with E-state index in [1.54, 1.807) is 6.07 Å². The summed E-state index contributed by atoms with van der Waals surface area (Å²) in [6.07, 6.45) is 3.96. The van der Waals surface area contributed by atoms with Crippen LogP contribution < -0.4 is 32.3 Å². The number of hydrogen-bond acceptors (Lipinski definition) is 10. The number of nitrogens with one attached hydrogen (secondary N) is 5. The maximum Gasteiger partial charge on any atom is 0.267 e. The minimum absolute atomic E-state index is 0.140. The number of anilines is 5. The third-order valence-electron chi connectivity index (χ3n) is 9.88. The molecule has 2 aromatic carbocycles. The second-order valence-electron chi connectivity index (χ2n) is 14.0. The highest BCUT2D eigenvalue weighted by Crippen LogP contribution is 2.39. The molecule has 12 nitrogen and oxygen atoms in total. The van der Waals surface area contributed by atoms with Crippen molar-refractivity contribution in [1.82, 2.24) is 30.6 Å². The summed E-state index contributed by atoms with van der Waals surface area (Å²) in [6.45, 7) is 0. The minimum atomic E-state index is -2.81. The van der Waals surface area contributed by atoms with Crippen LogP contribution in [0, 0.1) is 0 Å². The Morgan fingerprint density at radius 3 is 1.73 bits per heavy atom. The molecule has 0 radical (unpaired) electrons. The van der Waals surface area contributed by atoms with Crippen molar-refractivity contribution in [3.63, 3.8) is 0 Å². The molecule has 7 N–H and O–H groups in total. The Labute approximate surface area is 342 Å². The number of aromatic nitrogens is 4. The van der Waals surface area contributed by atoms with Gasteiger partial charge >= 0.3 is 0 Å². The number of carbonyl (C=O) groups excluding carboxylic acids is 2. The minimum Gasteiger partial charge on any atom is -0.384 e. The molecule has 17 heteroatoms. The third-order valence-corrected chi connectivity index (χ3v) is 10.1. The monoisotopic (exact) mass is 830 g/mol. The summed E-state index contributed by atoms with van der Waals surface area (Å²) >= 11 is 5.75. The Morgan fingerprint density at radius 1 is 0.678 bits per heavy atom. The van der Waals surface area contributed by atoms with Gasteiger partial charge in [0, 0.05) is 56.2 Å². The first-order valence-electron chi connectivity index (χ1n) is 18.9. The highest BCUT2D eigenvalue weighted by Gasteiger charge is 2.45. The second-order valence-corrected chi connectivity index (χ2v) is 14.4. The Bertz CT molecular complexity index is 2440. The lowest BCUT2D eigenvalue weighted by atomic mass is 10.1. The van der Waals surface area contributed by atoms with Gasteiger partial charge in [-0.1, -0.05) is 48.0 Å². The van der Waals surface area contributed by atoms with Gasteiger partial charge in [0.2, 0.25) is 0 Å². The number of amides is 2. The Kier molecular flexibility index (Phi) is 13.3. The zero-order valence-corrected chi connectivity index (χ0v) is 33.0. The molecule has 0 saturated heterocycles. The molecule has 2 saturated carbocycles. The second kappa shape index (κ2) is 18.5. The van der Waals surface area contributed by atoms with Gasteiger partial charge in [0.15, 0.2) is 0 Å². The summed E-state index contributed by atoms with van der Waals surface area (Å²) in [5.74, 6) is -4.81. The molecule has 2 aliphatic rings. The number of rotatable bonds is 8. The van der Waals surface area contributed by atoms with Crippen molar-refractivity contribution in [3.05, 3.63) is 114 Å². The first-order valence-corrected chi connectivity index (χ1v) is 19.3. The van der Waals surface area contributed by atoms with Crippen LogP contribution in [0.5, 0.6) is 0 Å². The van der Waals surface area contributed by atoms with E-state index in [1.807, 2.05) is 72.8 Å². The van der Waals surface area contributed by atoms with Gasteiger partial charge in [-0.25, -0.2) is 37.5 Å². The maximum absolute atomic E-state index is 14.1. The van der Waals surface area contributed by atoms with Gasteiger partial charge < -0.3 is 32.3 Å². The number of carbonyl (C=O) groups is 2. The van der Waals surface area contributed by atoms with E-state index in [4.69, 9.17) is 17.3 Å². The summed E-state index contributed by atoms with van der Waals surface area (Å²) in [6, 6.07) is 24.1. The fourth-order valence-corrected chi connectivity index (χ4v) is 6.92. The van der Waals surface area contributed by atoms with Crippen molar-refractivity contribution in [3.8, 4) is 0 Å². The molecule has 0 bridgehead atoms. The van der Waals surface area contributed by atoms with Crippen molar-refractivity contribution in [2.75, 3.05) is 35.8 Å². The molecular weight excluding hydrogens is 788 g/mol. The molecule has 308 valence electrons. The molecule has 4 aromatic heterocycles.